The summed E-state index contributed by atoms with van der Waals surface area (Å²) >= 11 is 0. The van der Waals surface area contributed by atoms with Crippen LogP contribution in [0, 0.1) is 13.8 Å². The van der Waals surface area contributed by atoms with Crippen LogP contribution in [0.15, 0.2) is 41.5 Å². The Hall–Kier alpha value is -3.72. The van der Waals surface area contributed by atoms with E-state index in [0.717, 1.165) is 67.0 Å². The predicted octanol–water partition coefficient (Wildman–Crippen LogP) is 4.28. The zero-order valence-corrected chi connectivity index (χ0v) is 22.5. The van der Waals surface area contributed by atoms with Gasteiger partial charge in [0.2, 0.25) is 0 Å². The average Bonchev–Trinajstić information content (AvgIpc) is 3.59. The van der Waals surface area contributed by atoms with E-state index in [4.69, 9.17) is 15.0 Å². The third kappa shape index (κ3) is 4.78. The maximum absolute atomic E-state index is 12.6. The highest BCUT2D eigenvalue weighted by atomic mass is 16.1. The summed E-state index contributed by atoms with van der Waals surface area (Å²) in [6.45, 7) is 8.45. The lowest BCUT2D eigenvalue weighted by molar-refractivity contribution is 0.313. The van der Waals surface area contributed by atoms with Gasteiger partial charge in [-0.3, -0.25) is 4.79 Å². The zero-order valence-electron chi connectivity index (χ0n) is 22.5. The van der Waals surface area contributed by atoms with Crippen molar-refractivity contribution in [3.8, 4) is 11.4 Å². The fourth-order valence-corrected chi connectivity index (χ4v) is 5.78. The second-order valence-electron chi connectivity index (χ2n) is 10.8. The van der Waals surface area contributed by atoms with E-state index in [9.17, 15) is 4.79 Å². The van der Waals surface area contributed by atoms with Gasteiger partial charge in [0.05, 0.1) is 6.33 Å². The molecular weight excluding hydrogens is 476 g/mol. The van der Waals surface area contributed by atoms with Crippen molar-refractivity contribution in [2.75, 3.05) is 43.4 Å². The first-order valence-corrected chi connectivity index (χ1v) is 13.7. The van der Waals surface area contributed by atoms with Gasteiger partial charge in [-0.05, 0) is 69.6 Å². The minimum atomic E-state index is -0.0727. The van der Waals surface area contributed by atoms with Crippen LogP contribution in [0.25, 0.3) is 22.6 Å². The third-order valence-corrected chi connectivity index (χ3v) is 8.06. The smallest absolute Gasteiger partial charge is 0.253 e. The highest BCUT2D eigenvalue weighted by Gasteiger charge is 2.23. The third-order valence-electron chi connectivity index (χ3n) is 8.06. The van der Waals surface area contributed by atoms with E-state index in [1.807, 2.05) is 26.2 Å². The Morgan fingerprint density at radius 3 is 2.47 bits per heavy atom. The van der Waals surface area contributed by atoms with Crippen LogP contribution in [0.1, 0.15) is 48.5 Å². The largest absolute Gasteiger partial charge is 0.369 e. The number of nitrogens with one attached hydrogen (secondary N) is 2. The molecule has 1 saturated carbocycles. The molecule has 1 aliphatic heterocycles. The fraction of sp³-hybridized carbons (Fsp3) is 0.448. The monoisotopic (exact) mass is 512 g/mol. The summed E-state index contributed by atoms with van der Waals surface area (Å²) in [5.41, 5.74) is 6.24. The van der Waals surface area contributed by atoms with Crippen LogP contribution in [0.2, 0.25) is 0 Å². The normalized spacial score (nSPS) is 17.0. The molecule has 0 bridgehead atoms. The number of aromatic nitrogens is 5. The highest BCUT2D eigenvalue weighted by molar-refractivity contribution is 5.85. The maximum atomic E-state index is 12.6. The van der Waals surface area contributed by atoms with Crippen molar-refractivity contribution in [3.05, 3.63) is 63.8 Å². The lowest BCUT2D eigenvalue weighted by Crippen LogP contribution is -2.44. The van der Waals surface area contributed by atoms with E-state index >= 15 is 0 Å². The molecule has 2 fully saturated rings. The van der Waals surface area contributed by atoms with Crippen LogP contribution in [0.5, 0.6) is 0 Å². The van der Waals surface area contributed by atoms with Crippen LogP contribution in [-0.4, -0.2) is 62.6 Å². The van der Waals surface area contributed by atoms with Gasteiger partial charge in [0.15, 0.2) is 17.3 Å². The average molecular weight is 513 g/mol. The van der Waals surface area contributed by atoms with Crippen LogP contribution in [0.3, 0.4) is 0 Å². The van der Waals surface area contributed by atoms with Crippen molar-refractivity contribution in [1.29, 1.82) is 0 Å². The Morgan fingerprint density at radius 2 is 1.76 bits per heavy atom. The Labute approximate surface area is 222 Å². The van der Waals surface area contributed by atoms with Crippen LogP contribution < -0.4 is 15.8 Å². The highest BCUT2D eigenvalue weighted by Crippen LogP contribution is 2.34. The van der Waals surface area contributed by atoms with Crippen LogP contribution in [0.4, 0.5) is 11.5 Å². The summed E-state index contributed by atoms with van der Waals surface area (Å²) < 4.78 is 2.22. The lowest BCUT2D eigenvalue weighted by atomic mass is 10.1. The number of rotatable bonds is 6. The van der Waals surface area contributed by atoms with Gasteiger partial charge in [-0.1, -0.05) is 12.8 Å². The number of hydrogen-bond donors (Lipinski definition) is 2. The molecule has 6 rings (SSSR count). The van der Waals surface area contributed by atoms with Gasteiger partial charge < -0.3 is 24.7 Å². The number of aromatic amines is 1. The molecule has 0 unspecified atom stereocenters. The molecule has 1 aromatic carbocycles. The first kappa shape index (κ1) is 24.6. The topological polar surface area (TPSA) is 95.0 Å². The number of likely N-dealkylation sites (N-methyl/N-ethyl adjacent to an activating group) is 1. The summed E-state index contributed by atoms with van der Waals surface area (Å²) in [6, 6.07) is 11.0. The molecule has 0 radical (unpaired) electrons. The molecule has 1 saturated heterocycles. The number of fused-ring (bicyclic) bond motifs is 1. The van der Waals surface area contributed by atoms with Gasteiger partial charge in [-0.25, -0.2) is 15.0 Å². The van der Waals surface area contributed by atoms with E-state index in [2.05, 4.69) is 56.0 Å². The molecule has 38 heavy (non-hydrogen) atoms. The number of benzene rings is 1. The first-order chi connectivity index (χ1) is 18.5. The van der Waals surface area contributed by atoms with Crippen molar-refractivity contribution >= 4 is 22.7 Å². The summed E-state index contributed by atoms with van der Waals surface area (Å²) in [6.07, 6.45) is 6.66. The number of anilines is 2. The number of H-pyrrole nitrogens is 1. The Balaban J connectivity index is 1.35. The molecule has 4 heterocycles. The molecule has 2 N–H and O–H groups in total. The van der Waals surface area contributed by atoms with Crippen molar-refractivity contribution < 1.29 is 0 Å². The number of hydrogen-bond acceptors (Lipinski definition) is 7. The van der Waals surface area contributed by atoms with E-state index in [1.165, 1.54) is 18.5 Å². The van der Waals surface area contributed by atoms with Crippen molar-refractivity contribution in [3.63, 3.8) is 0 Å². The molecule has 0 atom stereocenters. The molecule has 4 aromatic rings. The van der Waals surface area contributed by atoms with Gasteiger partial charge in [-0.15, -0.1) is 0 Å². The molecule has 1 aliphatic carbocycles. The second-order valence-corrected chi connectivity index (χ2v) is 10.8. The quantitative estimate of drug-likeness (QED) is 0.398. The lowest BCUT2D eigenvalue weighted by Gasteiger charge is -2.34. The van der Waals surface area contributed by atoms with E-state index in [-0.39, 0.29) is 5.56 Å². The van der Waals surface area contributed by atoms with Gasteiger partial charge in [0.25, 0.3) is 5.56 Å². The summed E-state index contributed by atoms with van der Waals surface area (Å²) in [5.74, 6) is 1.32. The Kier molecular flexibility index (Phi) is 6.61. The van der Waals surface area contributed by atoms with E-state index < -0.39 is 0 Å². The predicted molar refractivity (Wildman–Crippen MR) is 152 cm³/mol. The van der Waals surface area contributed by atoms with Crippen molar-refractivity contribution in [1.82, 2.24) is 29.4 Å². The first-order valence-electron chi connectivity index (χ1n) is 13.7. The van der Waals surface area contributed by atoms with Gasteiger partial charge in [0, 0.05) is 61.3 Å². The fourth-order valence-electron chi connectivity index (χ4n) is 5.78. The van der Waals surface area contributed by atoms with Gasteiger partial charge >= 0.3 is 0 Å². The molecule has 9 nitrogen and oxygen atoms in total. The molecule has 3 aromatic heterocycles. The van der Waals surface area contributed by atoms with E-state index in [0.29, 0.717) is 29.8 Å². The molecule has 0 spiro atoms. The minimum absolute atomic E-state index is 0.0727. The van der Waals surface area contributed by atoms with Crippen LogP contribution >= 0.6 is 0 Å². The number of aryl methyl sites for hydroxylation is 2. The van der Waals surface area contributed by atoms with Gasteiger partial charge in [-0.2, -0.15) is 0 Å². The Bertz CT molecular complexity index is 1490. The van der Waals surface area contributed by atoms with E-state index in [1.54, 1.807) is 0 Å². The number of imidazole rings is 1. The van der Waals surface area contributed by atoms with Crippen molar-refractivity contribution in [2.24, 2.45) is 0 Å². The molecule has 9 heteroatoms. The standard InChI is InChI=1S/C29H36N8O/c1-19-16-20(2)32-29(38)24(19)17-30-27-25-28(37(18-31-25)23-6-4-5-7-23)34-26(33-27)21-8-10-22(11-9-21)36-14-12-35(3)13-15-36/h8-11,16,18,23H,4-7,12-15,17H2,1-3H3,(H,32,38)(H,30,33,34). The SMILES string of the molecule is Cc1cc(C)c(CNc2nc(-c3ccc(N4CCN(C)CC4)cc3)nc3c2ncn3C2CCCC2)c(=O)[nH]1. The Morgan fingerprint density at radius 1 is 1.03 bits per heavy atom. The summed E-state index contributed by atoms with van der Waals surface area (Å²) in [5, 5.41) is 3.43. The molecule has 2 aliphatic rings. The minimum Gasteiger partial charge on any atom is -0.369 e. The van der Waals surface area contributed by atoms with Gasteiger partial charge in [0.1, 0.15) is 5.52 Å². The number of pyridine rings is 1. The summed E-state index contributed by atoms with van der Waals surface area (Å²) in [4.78, 5) is 35.0. The summed E-state index contributed by atoms with van der Waals surface area (Å²) in [7, 11) is 2.17. The van der Waals surface area contributed by atoms with Crippen molar-refractivity contribution in [2.45, 2.75) is 52.1 Å². The number of piperazine rings is 1. The molecule has 0 amide bonds. The zero-order chi connectivity index (χ0) is 26.2. The molecular formula is C29H36N8O. The number of nitrogens with zero attached hydrogens (tertiary/aromatic N) is 6. The maximum Gasteiger partial charge on any atom is 0.253 e. The molecule has 198 valence electrons. The van der Waals surface area contributed by atoms with Crippen LogP contribution in [-0.2, 0) is 6.54 Å². The second kappa shape index (κ2) is 10.2.